The SMILES string of the molecule is CCC(C)C(N)C(=O)c1ccc2nc(C)ccc2c1. The summed E-state index contributed by atoms with van der Waals surface area (Å²) in [5.74, 6) is 0.205. The Hall–Kier alpha value is -1.74. The minimum absolute atomic E-state index is 0.0109. The molecule has 2 atom stereocenters. The van der Waals surface area contributed by atoms with E-state index in [1.807, 2.05) is 51.1 Å². The van der Waals surface area contributed by atoms with E-state index in [2.05, 4.69) is 4.98 Å². The van der Waals surface area contributed by atoms with Crippen molar-refractivity contribution in [3.8, 4) is 0 Å². The smallest absolute Gasteiger partial charge is 0.179 e. The predicted octanol–water partition coefficient (Wildman–Crippen LogP) is 3.10. The lowest BCUT2D eigenvalue weighted by molar-refractivity contribution is 0.0935. The summed E-state index contributed by atoms with van der Waals surface area (Å²) in [5.41, 5.74) is 8.56. The van der Waals surface area contributed by atoms with E-state index in [-0.39, 0.29) is 11.7 Å². The molecule has 2 rings (SSSR count). The molecule has 3 heteroatoms. The lowest BCUT2D eigenvalue weighted by Gasteiger charge is -2.17. The largest absolute Gasteiger partial charge is 0.321 e. The molecule has 0 aliphatic rings. The minimum Gasteiger partial charge on any atom is -0.321 e. The fourth-order valence-electron chi connectivity index (χ4n) is 2.09. The maximum Gasteiger partial charge on any atom is 0.179 e. The lowest BCUT2D eigenvalue weighted by atomic mass is 9.92. The van der Waals surface area contributed by atoms with E-state index in [1.165, 1.54) is 0 Å². The Labute approximate surface area is 113 Å². The highest BCUT2D eigenvalue weighted by Crippen LogP contribution is 2.18. The number of carbonyl (C=O) groups is 1. The van der Waals surface area contributed by atoms with E-state index in [0.717, 1.165) is 23.0 Å². The molecule has 1 heterocycles. The van der Waals surface area contributed by atoms with Gasteiger partial charge in [0.15, 0.2) is 5.78 Å². The quantitative estimate of drug-likeness (QED) is 0.855. The zero-order chi connectivity index (χ0) is 14.0. The van der Waals surface area contributed by atoms with Crippen LogP contribution in [-0.4, -0.2) is 16.8 Å². The van der Waals surface area contributed by atoms with Crippen LogP contribution >= 0.6 is 0 Å². The highest BCUT2D eigenvalue weighted by molar-refractivity contribution is 6.02. The highest BCUT2D eigenvalue weighted by atomic mass is 16.1. The topological polar surface area (TPSA) is 56.0 Å². The Morgan fingerprint density at radius 1 is 1.32 bits per heavy atom. The number of Topliss-reactive ketones (excluding diaryl/α,β-unsaturated/α-hetero) is 1. The molecule has 100 valence electrons. The second-order valence-corrected chi connectivity index (χ2v) is 5.14. The van der Waals surface area contributed by atoms with Crippen LogP contribution in [0.2, 0.25) is 0 Å². The lowest BCUT2D eigenvalue weighted by Crippen LogP contribution is -2.36. The van der Waals surface area contributed by atoms with E-state index in [0.29, 0.717) is 5.56 Å². The van der Waals surface area contributed by atoms with Gasteiger partial charge in [0.1, 0.15) is 0 Å². The molecule has 2 N–H and O–H groups in total. The first-order valence-electron chi connectivity index (χ1n) is 6.70. The van der Waals surface area contributed by atoms with Gasteiger partial charge in [-0.15, -0.1) is 0 Å². The number of aromatic nitrogens is 1. The van der Waals surface area contributed by atoms with Crippen LogP contribution < -0.4 is 5.73 Å². The average Bonchev–Trinajstić information content (AvgIpc) is 2.44. The van der Waals surface area contributed by atoms with Crippen LogP contribution in [0.15, 0.2) is 30.3 Å². The summed E-state index contributed by atoms with van der Waals surface area (Å²) >= 11 is 0. The number of pyridine rings is 1. The first kappa shape index (κ1) is 13.7. The molecule has 0 saturated carbocycles. The first-order chi connectivity index (χ1) is 9.02. The van der Waals surface area contributed by atoms with Crippen LogP contribution in [0.4, 0.5) is 0 Å². The predicted molar refractivity (Wildman–Crippen MR) is 78.2 cm³/mol. The maximum absolute atomic E-state index is 12.3. The van der Waals surface area contributed by atoms with Gasteiger partial charge in [-0.05, 0) is 37.1 Å². The standard InChI is InChI=1S/C16H20N2O/c1-4-10(2)15(17)16(19)13-7-8-14-12(9-13)6-5-11(3)18-14/h5-10,15H,4,17H2,1-3H3. The van der Waals surface area contributed by atoms with Crippen molar-refractivity contribution in [1.82, 2.24) is 4.98 Å². The highest BCUT2D eigenvalue weighted by Gasteiger charge is 2.21. The van der Waals surface area contributed by atoms with Gasteiger partial charge in [0.05, 0.1) is 11.6 Å². The van der Waals surface area contributed by atoms with Gasteiger partial charge in [0.2, 0.25) is 0 Å². The molecule has 3 nitrogen and oxygen atoms in total. The van der Waals surface area contributed by atoms with Crippen molar-refractivity contribution in [2.45, 2.75) is 33.2 Å². The molecule has 2 unspecified atom stereocenters. The molecule has 2 aromatic rings. The minimum atomic E-state index is -0.430. The second kappa shape index (κ2) is 5.49. The van der Waals surface area contributed by atoms with Crippen LogP contribution in [0.5, 0.6) is 0 Å². The number of rotatable bonds is 4. The summed E-state index contributed by atoms with van der Waals surface area (Å²) in [6.07, 6.45) is 0.904. The van der Waals surface area contributed by atoms with E-state index >= 15 is 0 Å². The molecule has 0 aliphatic heterocycles. The van der Waals surface area contributed by atoms with Crippen molar-refractivity contribution in [1.29, 1.82) is 0 Å². The van der Waals surface area contributed by atoms with E-state index in [1.54, 1.807) is 0 Å². The van der Waals surface area contributed by atoms with Crippen molar-refractivity contribution in [2.75, 3.05) is 0 Å². The number of carbonyl (C=O) groups excluding carboxylic acids is 1. The number of hydrogen-bond acceptors (Lipinski definition) is 3. The molecule has 0 aliphatic carbocycles. The molecular formula is C16H20N2O. The van der Waals surface area contributed by atoms with Crippen molar-refractivity contribution < 1.29 is 4.79 Å². The van der Waals surface area contributed by atoms with E-state index in [4.69, 9.17) is 5.73 Å². The van der Waals surface area contributed by atoms with Gasteiger partial charge in [-0.3, -0.25) is 9.78 Å². The third kappa shape index (κ3) is 2.82. The Kier molecular flexibility index (Phi) is 3.96. The number of ketones is 1. The normalized spacial score (nSPS) is 14.3. The van der Waals surface area contributed by atoms with Gasteiger partial charge in [-0.2, -0.15) is 0 Å². The number of fused-ring (bicyclic) bond motifs is 1. The van der Waals surface area contributed by atoms with E-state index in [9.17, 15) is 4.79 Å². The molecule has 1 aromatic carbocycles. The van der Waals surface area contributed by atoms with Gasteiger partial charge in [-0.25, -0.2) is 0 Å². The second-order valence-electron chi connectivity index (χ2n) is 5.14. The number of nitrogens with zero attached hydrogens (tertiary/aromatic N) is 1. The molecule has 0 saturated heterocycles. The van der Waals surface area contributed by atoms with Crippen molar-refractivity contribution >= 4 is 16.7 Å². The van der Waals surface area contributed by atoms with Crippen LogP contribution in [0, 0.1) is 12.8 Å². The van der Waals surface area contributed by atoms with Gasteiger partial charge < -0.3 is 5.73 Å². The third-order valence-electron chi connectivity index (χ3n) is 3.67. The van der Waals surface area contributed by atoms with Crippen LogP contribution in [0.3, 0.4) is 0 Å². The monoisotopic (exact) mass is 256 g/mol. The molecule has 0 amide bonds. The van der Waals surface area contributed by atoms with E-state index < -0.39 is 6.04 Å². The molecule has 0 spiro atoms. The summed E-state index contributed by atoms with van der Waals surface area (Å²) in [4.78, 5) is 16.7. The third-order valence-corrected chi connectivity index (χ3v) is 3.67. The van der Waals surface area contributed by atoms with Crippen molar-refractivity contribution in [3.63, 3.8) is 0 Å². The summed E-state index contributed by atoms with van der Waals surface area (Å²) < 4.78 is 0. The Morgan fingerprint density at radius 3 is 2.74 bits per heavy atom. The Morgan fingerprint density at radius 2 is 2.05 bits per heavy atom. The Bertz CT molecular complexity index is 607. The van der Waals surface area contributed by atoms with Gasteiger partial charge in [0.25, 0.3) is 0 Å². The molecule has 0 bridgehead atoms. The fourth-order valence-corrected chi connectivity index (χ4v) is 2.09. The number of nitrogens with two attached hydrogens (primary N) is 1. The van der Waals surface area contributed by atoms with Crippen LogP contribution in [-0.2, 0) is 0 Å². The average molecular weight is 256 g/mol. The maximum atomic E-state index is 12.3. The summed E-state index contributed by atoms with van der Waals surface area (Å²) in [7, 11) is 0. The zero-order valence-corrected chi connectivity index (χ0v) is 11.7. The Balaban J connectivity index is 2.35. The van der Waals surface area contributed by atoms with Crippen molar-refractivity contribution in [3.05, 3.63) is 41.6 Å². The number of aryl methyl sites for hydroxylation is 1. The summed E-state index contributed by atoms with van der Waals surface area (Å²) in [6.45, 7) is 6.01. The zero-order valence-electron chi connectivity index (χ0n) is 11.7. The van der Waals surface area contributed by atoms with Gasteiger partial charge in [-0.1, -0.05) is 26.3 Å². The molecule has 1 aromatic heterocycles. The van der Waals surface area contributed by atoms with Gasteiger partial charge >= 0.3 is 0 Å². The number of hydrogen-bond donors (Lipinski definition) is 1. The summed E-state index contributed by atoms with van der Waals surface area (Å²) in [5, 5.41) is 0.979. The fraction of sp³-hybridized carbons (Fsp3) is 0.375. The molecule has 19 heavy (non-hydrogen) atoms. The van der Waals surface area contributed by atoms with Gasteiger partial charge in [0, 0.05) is 16.6 Å². The molecule has 0 fully saturated rings. The van der Waals surface area contributed by atoms with Crippen LogP contribution in [0.1, 0.15) is 36.3 Å². The summed E-state index contributed by atoms with van der Waals surface area (Å²) in [6, 6.07) is 9.10. The first-order valence-corrected chi connectivity index (χ1v) is 6.70. The molecule has 0 radical (unpaired) electrons. The molecular weight excluding hydrogens is 236 g/mol. The van der Waals surface area contributed by atoms with Crippen molar-refractivity contribution in [2.24, 2.45) is 11.7 Å². The van der Waals surface area contributed by atoms with Crippen LogP contribution in [0.25, 0.3) is 10.9 Å². The number of benzene rings is 1.